The monoisotopic (exact) mass is 292 g/mol. The lowest BCUT2D eigenvalue weighted by atomic mass is 9.82. The predicted molar refractivity (Wildman–Crippen MR) is 87.0 cm³/mol. The van der Waals surface area contributed by atoms with E-state index in [4.69, 9.17) is 0 Å². The zero-order valence-corrected chi connectivity index (χ0v) is 12.6. The number of hydrogen-bond acceptors (Lipinski definition) is 2. The molecular weight excluding hydrogens is 272 g/mol. The first-order valence-corrected chi connectivity index (χ1v) is 7.93. The van der Waals surface area contributed by atoms with Crippen LogP contribution in [0.3, 0.4) is 0 Å². The van der Waals surface area contributed by atoms with Gasteiger partial charge in [-0.25, -0.2) is 0 Å². The van der Waals surface area contributed by atoms with E-state index in [1.165, 1.54) is 0 Å². The van der Waals surface area contributed by atoms with Crippen LogP contribution in [0.2, 0.25) is 0 Å². The van der Waals surface area contributed by atoms with E-state index in [1.807, 2.05) is 54.6 Å². The summed E-state index contributed by atoms with van der Waals surface area (Å²) in [6, 6.07) is 17.2. The minimum absolute atomic E-state index is 0.0679. The lowest BCUT2D eigenvalue weighted by Gasteiger charge is -2.21. The fourth-order valence-corrected chi connectivity index (χ4v) is 3.26. The molecule has 0 radical (unpaired) electrons. The van der Waals surface area contributed by atoms with Crippen LogP contribution in [0, 0.1) is 5.92 Å². The summed E-state index contributed by atoms with van der Waals surface area (Å²) in [6.07, 6.45) is 4.27. The first-order valence-electron chi connectivity index (χ1n) is 7.93. The largest absolute Gasteiger partial charge is 0.300 e. The third-order valence-corrected chi connectivity index (χ3v) is 4.39. The average Bonchev–Trinajstić information content (AvgIpc) is 2.56. The minimum Gasteiger partial charge on any atom is -0.300 e. The van der Waals surface area contributed by atoms with Gasteiger partial charge < -0.3 is 0 Å². The van der Waals surface area contributed by atoms with Crippen molar-refractivity contribution in [3.8, 4) is 0 Å². The lowest BCUT2D eigenvalue weighted by molar-refractivity contribution is -0.121. The smallest absolute Gasteiger partial charge is 0.193 e. The fraction of sp³-hybridized carbons (Fsp3) is 0.300. The molecule has 2 aromatic carbocycles. The normalized spacial score (nSPS) is 18.2. The van der Waals surface area contributed by atoms with Crippen LogP contribution in [0.15, 0.2) is 54.6 Å². The van der Waals surface area contributed by atoms with Gasteiger partial charge >= 0.3 is 0 Å². The quantitative estimate of drug-likeness (QED) is 0.791. The fourth-order valence-electron chi connectivity index (χ4n) is 3.26. The maximum absolute atomic E-state index is 12.7. The van der Waals surface area contributed by atoms with Gasteiger partial charge in [0.05, 0.1) is 0 Å². The maximum Gasteiger partial charge on any atom is 0.193 e. The molecule has 112 valence electrons. The van der Waals surface area contributed by atoms with Crippen LogP contribution >= 0.6 is 0 Å². The van der Waals surface area contributed by atoms with Gasteiger partial charge in [-0.15, -0.1) is 0 Å². The van der Waals surface area contributed by atoms with Crippen molar-refractivity contribution in [3.63, 3.8) is 0 Å². The summed E-state index contributed by atoms with van der Waals surface area (Å²) in [5.74, 6) is 0.812. The van der Waals surface area contributed by atoms with Crippen molar-refractivity contribution in [2.24, 2.45) is 5.92 Å². The Labute approximate surface area is 131 Å². The van der Waals surface area contributed by atoms with E-state index in [2.05, 4.69) is 0 Å². The Morgan fingerprint density at radius 1 is 1.00 bits per heavy atom. The van der Waals surface area contributed by atoms with Crippen molar-refractivity contribution in [2.45, 2.75) is 32.1 Å². The van der Waals surface area contributed by atoms with Crippen LogP contribution in [0.5, 0.6) is 0 Å². The van der Waals surface area contributed by atoms with E-state index in [1.54, 1.807) is 0 Å². The Kier molecular flexibility index (Phi) is 4.47. The number of rotatable bonds is 4. The van der Waals surface area contributed by atoms with E-state index in [-0.39, 0.29) is 5.78 Å². The number of ketones is 2. The molecule has 0 aromatic heterocycles. The summed E-state index contributed by atoms with van der Waals surface area (Å²) in [4.78, 5) is 24.3. The van der Waals surface area contributed by atoms with E-state index in [0.717, 1.165) is 42.4 Å². The molecular formula is C20H20O2. The first-order chi connectivity index (χ1) is 10.7. The molecule has 0 bridgehead atoms. The minimum atomic E-state index is 0.0679. The first kappa shape index (κ1) is 14.7. The molecule has 0 heterocycles. The van der Waals surface area contributed by atoms with Crippen LogP contribution < -0.4 is 0 Å². The number of benzene rings is 2. The Morgan fingerprint density at radius 2 is 1.73 bits per heavy atom. The van der Waals surface area contributed by atoms with Crippen LogP contribution in [-0.2, 0) is 11.2 Å². The zero-order valence-electron chi connectivity index (χ0n) is 12.6. The third kappa shape index (κ3) is 3.33. The number of Topliss-reactive ketones (excluding diaryl/α,β-unsaturated/α-hetero) is 1. The Balaban J connectivity index is 1.84. The van der Waals surface area contributed by atoms with Crippen molar-refractivity contribution in [1.29, 1.82) is 0 Å². The van der Waals surface area contributed by atoms with Gasteiger partial charge in [-0.05, 0) is 30.7 Å². The summed E-state index contributed by atoms with van der Waals surface area (Å²) in [6.45, 7) is 0. The van der Waals surface area contributed by atoms with Crippen LogP contribution in [0.25, 0.3) is 0 Å². The molecule has 0 spiro atoms. The highest BCUT2D eigenvalue weighted by Gasteiger charge is 2.22. The molecule has 2 heteroatoms. The van der Waals surface area contributed by atoms with Gasteiger partial charge in [-0.3, -0.25) is 9.59 Å². The van der Waals surface area contributed by atoms with E-state index in [0.29, 0.717) is 18.1 Å². The standard InChI is InChI=1S/C20H20O2/c21-18-11-6-7-15(14-18)13-17-10-4-5-12-19(17)20(22)16-8-2-1-3-9-16/h1-5,8-10,12,15H,6-7,11,13-14H2/t15-/m0/s1. The molecule has 0 unspecified atom stereocenters. The highest BCUT2D eigenvalue weighted by atomic mass is 16.1. The molecule has 0 amide bonds. The summed E-state index contributed by atoms with van der Waals surface area (Å²) < 4.78 is 0. The van der Waals surface area contributed by atoms with Crippen molar-refractivity contribution >= 4 is 11.6 Å². The molecule has 1 aliphatic rings. The molecule has 22 heavy (non-hydrogen) atoms. The topological polar surface area (TPSA) is 34.1 Å². The van der Waals surface area contributed by atoms with Crippen LogP contribution in [0.4, 0.5) is 0 Å². The van der Waals surface area contributed by atoms with E-state index >= 15 is 0 Å². The number of carbonyl (C=O) groups is 2. The van der Waals surface area contributed by atoms with Crippen molar-refractivity contribution in [2.75, 3.05) is 0 Å². The van der Waals surface area contributed by atoms with Crippen LogP contribution in [0.1, 0.15) is 47.2 Å². The third-order valence-electron chi connectivity index (χ3n) is 4.39. The van der Waals surface area contributed by atoms with Gasteiger partial charge in [0.2, 0.25) is 0 Å². The zero-order chi connectivity index (χ0) is 15.4. The van der Waals surface area contributed by atoms with Gasteiger partial charge in [-0.1, -0.05) is 54.6 Å². The highest BCUT2D eigenvalue weighted by molar-refractivity contribution is 6.09. The Bertz CT molecular complexity index is 673. The van der Waals surface area contributed by atoms with Crippen molar-refractivity contribution in [1.82, 2.24) is 0 Å². The molecule has 1 aliphatic carbocycles. The molecule has 1 atom stereocenters. The summed E-state index contributed by atoms with van der Waals surface area (Å²) in [5, 5.41) is 0. The Hall–Kier alpha value is -2.22. The lowest BCUT2D eigenvalue weighted by Crippen LogP contribution is -2.18. The van der Waals surface area contributed by atoms with Gasteiger partial charge in [0.15, 0.2) is 5.78 Å². The SMILES string of the molecule is O=C1CCC[C@@H](Cc2ccccc2C(=O)c2ccccc2)C1. The van der Waals surface area contributed by atoms with Gasteiger partial charge in [0.1, 0.15) is 5.78 Å². The van der Waals surface area contributed by atoms with Crippen molar-refractivity contribution < 1.29 is 9.59 Å². The second-order valence-corrected chi connectivity index (χ2v) is 6.06. The molecule has 2 nitrogen and oxygen atoms in total. The van der Waals surface area contributed by atoms with Gasteiger partial charge in [-0.2, -0.15) is 0 Å². The molecule has 3 rings (SSSR count). The Morgan fingerprint density at radius 3 is 2.50 bits per heavy atom. The van der Waals surface area contributed by atoms with Crippen LogP contribution in [-0.4, -0.2) is 11.6 Å². The molecule has 1 saturated carbocycles. The number of carbonyl (C=O) groups excluding carboxylic acids is 2. The molecule has 0 N–H and O–H groups in total. The second-order valence-electron chi connectivity index (χ2n) is 6.06. The highest BCUT2D eigenvalue weighted by Crippen LogP contribution is 2.27. The van der Waals surface area contributed by atoms with E-state index in [9.17, 15) is 9.59 Å². The molecule has 0 saturated heterocycles. The second kappa shape index (κ2) is 6.69. The summed E-state index contributed by atoms with van der Waals surface area (Å²) in [7, 11) is 0. The average molecular weight is 292 g/mol. The van der Waals surface area contributed by atoms with E-state index < -0.39 is 0 Å². The molecule has 1 fully saturated rings. The van der Waals surface area contributed by atoms with Crippen molar-refractivity contribution in [3.05, 3.63) is 71.3 Å². The summed E-state index contributed by atoms with van der Waals surface area (Å²) in [5.41, 5.74) is 2.55. The number of hydrogen-bond donors (Lipinski definition) is 0. The summed E-state index contributed by atoms with van der Waals surface area (Å²) >= 11 is 0. The molecule has 2 aromatic rings. The molecule has 0 aliphatic heterocycles. The maximum atomic E-state index is 12.7. The van der Waals surface area contributed by atoms with Gasteiger partial charge in [0, 0.05) is 24.0 Å². The van der Waals surface area contributed by atoms with Gasteiger partial charge in [0.25, 0.3) is 0 Å². The predicted octanol–water partition coefficient (Wildman–Crippen LogP) is 4.22.